The minimum Gasteiger partial charge on any atom is -0.441 e. The van der Waals surface area contributed by atoms with Crippen LogP contribution in [0.2, 0.25) is 10.1 Å². The third kappa shape index (κ3) is 5.42. The first-order chi connectivity index (χ1) is 17.6. The molecule has 0 fully saturated rings. The highest BCUT2D eigenvalue weighted by Gasteiger charge is 2.60. The summed E-state index contributed by atoms with van der Waals surface area (Å²) in [7, 11) is -5.60. The molecule has 0 aliphatic heterocycles. The Morgan fingerprint density at radius 3 is 0.784 bits per heavy atom. The van der Waals surface area contributed by atoms with Crippen molar-refractivity contribution in [2.75, 3.05) is 0 Å². The normalized spacial score (nSPS) is 12.4. The summed E-state index contributed by atoms with van der Waals surface area (Å²) in [5.41, 5.74) is 0. The first-order valence-electron chi connectivity index (χ1n) is 12.8. The van der Waals surface area contributed by atoms with E-state index >= 15 is 0 Å². The van der Waals surface area contributed by atoms with Crippen LogP contribution in [0.15, 0.2) is 121 Å². The topological polar surface area (TPSA) is 55.5 Å². The van der Waals surface area contributed by atoms with Crippen LogP contribution in [0.25, 0.3) is 0 Å². The Bertz CT molecular complexity index is 1040. The second-order valence-corrected chi connectivity index (χ2v) is 20.3. The molecule has 0 spiro atoms. The summed E-state index contributed by atoms with van der Waals surface area (Å²) in [4.78, 5) is 0. The Hall–Kier alpha value is -2.81. The van der Waals surface area contributed by atoms with Gasteiger partial charge in [0, 0.05) is 0 Å². The van der Waals surface area contributed by atoms with Gasteiger partial charge in [-0.3, -0.25) is 0 Å². The van der Waals surface area contributed by atoms with Crippen molar-refractivity contribution in [3.63, 3.8) is 0 Å². The number of hydrogen-bond acceptors (Lipinski definition) is 3. The van der Waals surface area contributed by atoms with Gasteiger partial charge in [-0.15, -0.1) is 0 Å². The Balaban J connectivity index is 0.00000186. The van der Waals surface area contributed by atoms with Crippen molar-refractivity contribution >= 4 is 37.4 Å². The summed E-state index contributed by atoms with van der Waals surface area (Å²) in [5.74, 6) is 3.50. The fourth-order valence-corrected chi connectivity index (χ4v) is 18.5. The lowest BCUT2D eigenvalue weighted by molar-refractivity contribution is 0.311. The third-order valence-corrected chi connectivity index (χ3v) is 18.4. The predicted octanol–water partition coefficient (Wildman–Crippen LogP) is 5.46. The van der Waals surface area contributed by atoms with E-state index in [4.69, 9.17) is 9.32 Å². The van der Waals surface area contributed by atoms with Gasteiger partial charge in [0.15, 0.2) is 0 Å². The van der Waals surface area contributed by atoms with Crippen LogP contribution in [0.4, 0.5) is 0 Å². The molecule has 0 atom stereocenters. The highest BCUT2D eigenvalue weighted by atomic mass is 28.4. The highest BCUT2D eigenvalue weighted by molar-refractivity contribution is 7.11. The molecule has 4 rings (SSSR count). The molecule has 0 aliphatic carbocycles. The minimum atomic E-state index is -2.80. The fourth-order valence-electron chi connectivity index (χ4n) is 5.53. The van der Waals surface area contributed by atoms with E-state index in [1.165, 1.54) is 20.7 Å². The number of hydrogen-bond donors (Lipinski definition) is 2. The molecule has 0 aromatic heterocycles. The van der Waals surface area contributed by atoms with Gasteiger partial charge >= 0.3 is 0 Å². The maximum absolute atomic E-state index is 8.18. The zero-order valence-electron chi connectivity index (χ0n) is 23.0. The molecule has 0 saturated carbocycles. The van der Waals surface area contributed by atoms with Gasteiger partial charge in [0.1, 0.15) is 0 Å². The number of rotatable bonds is 6. The second kappa shape index (κ2) is 11.7. The van der Waals surface area contributed by atoms with Crippen molar-refractivity contribution in [2.24, 2.45) is 5.90 Å². The summed E-state index contributed by atoms with van der Waals surface area (Å²) >= 11 is 0. The van der Waals surface area contributed by atoms with Gasteiger partial charge in [-0.2, -0.15) is 0 Å². The van der Waals surface area contributed by atoms with Gasteiger partial charge in [0.05, 0.1) is 0 Å². The Kier molecular flexibility index (Phi) is 9.11. The molecule has 4 aromatic carbocycles. The molecular formula is C32H41NO2Si2. The lowest BCUT2D eigenvalue weighted by Gasteiger charge is -2.53. The maximum Gasteiger partial charge on any atom is 0.251 e. The van der Waals surface area contributed by atoms with Crippen LogP contribution in [0.5, 0.6) is 0 Å². The molecule has 0 saturated heterocycles. The van der Waals surface area contributed by atoms with E-state index < -0.39 is 16.6 Å². The van der Waals surface area contributed by atoms with Crippen LogP contribution in [-0.4, -0.2) is 21.8 Å². The number of benzene rings is 4. The summed E-state index contributed by atoms with van der Waals surface area (Å²) < 4.78 is 8.18. The zero-order valence-corrected chi connectivity index (χ0v) is 25.0. The van der Waals surface area contributed by atoms with Gasteiger partial charge in [0.25, 0.3) is 16.6 Å². The molecule has 0 heterocycles. The van der Waals surface area contributed by atoms with Crippen LogP contribution in [0, 0.1) is 0 Å². The van der Waals surface area contributed by atoms with Gasteiger partial charge in [-0.1, -0.05) is 163 Å². The van der Waals surface area contributed by atoms with Gasteiger partial charge in [-0.05, 0) is 30.8 Å². The molecule has 0 aliphatic rings. The molecule has 0 radical (unpaired) electrons. The highest BCUT2D eigenvalue weighted by Crippen LogP contribution is 2.44. The quantitative estimate of drug-likeness (QED) is 0.259. The van der Waals surface area contributed by atoms with Crippen molar-refractivity contribution in [3.8, 4) is 0 Å². The van der Waals surface area contributed by atoms with Crippen molar-refractivity contribution in [1.82, 2.24) is 0 Å². The van der Waals surface area contributed by atoms with Crippen molar-refractivity contribution < 1.29 is 9.32 Å². The summed E-state index contributed by atoms with van der Waals surface area (Å²) in [6.07, 6.45) is 0. The summed E-state index contributed by atoms with van der Waals surface area (Å²) in [5, 5.41) is 11.6. The standard InChI is InChI=1S/C32H38OSi2.H3NO/c1-31(2,3)34(27-19-11-7-12-20-27,28-21-13-8-14-22-28)33-35(32(4,5)6,29-23-15-9-16-24-29)30-25-17-10-18-26-30;1-2/h7-26H,1-6H3;2H,1H2. The molecule has 0 amide bonds. The van der Waals surface area contributed by atoms with Crippen molar-refractivity contribution in [2.45, 2.75) is 51.6 Å². The van der Waals surface area contributed by atoms with E-state index in [9.17, 15) is 0 Å². The van der Waals surface area contributed by atoms with Gasteiger partial charge in [-0.25, -0.2) is 5.90 Å². The molecule has 0 unspecified atom stereocenters. The van der Waals surface area contributed by atoms with Crippen LogP contribution in [0.3, 0.4) is 0 Å². The van der Waals surface area contributed by atoms with Crippen molar-refractivity contribution in [3.05, 3.63) is 121 Å². The van der Waals surface area contributed by atoms with E-state index in [1.54, 1.807) is 0 Å². The minimum absolute atomic E-state index is 0.0945. The molecule has 37 heavy (non-hydrogen) atoms. The van der Waals surface area contributed by atoms with Crippen molar-refractivity contribution in [1.29, 1.82) is 0 Å². The molecule has 0 bridgehead atoms. The average molecular weight is 528 g/mol. The summed E-state index contributed by atoms with van der Waals surface area (Å²) in [6.45, 7) is 14.2. The van der Waals surface area contributed by atoms with E-state index in [2.05, 4.69) is 169 Å². The van der Waals surface area contributed by atoms with Crippen LogP contribution >= 0.6 is 0 Å². The second-order valence-electron chi connectivity index (χ2n) is 11.4. The lowest BCUT2D eigenvalue weighted by Crippen LogP contribution is -2.78. The SMILES string of the molecule is CC(C)(C)[Si](O[Si](c1ccccc1)(c1ccccc1)C(C)(C)C)(c1ccccc1)c1ccccc1.NO. The molecular weight excluding hydrogens is 487 g/mol. The lowest BCUT2D eigenvalue weighted by atomic mass is 10.2. The first-order valence-corrected chi connectivity index (χ1v) is 16.6. The predicted molar refractivity (Wildman–Crippen MR) is 162 cm³/mol. The third-order valence-electron chi connectivity index (χ3n) is 7.14. The van der Waals surface area contributed by atoms with E-state index in [0.717, 1.165) is 0 Å². The molecule has 4 aromatic rings. The van der Waals surface area contributed by atoms with E-state index in [0.29, 0.717) is 0 Å². The Morgan fingerprint density at radius 2 is 0.622 bits per heavy atom. The Morgan fingerprint density at radius 1 is 0.432 bits per heavy atom. The van der Waals surface area contributed by atoms with Gasteiger partial charge in [0.2, 0.25) is 0 Å². The molecule has 194 valence electrons. The van der Waals surface area contributed by atoms with Crippen LogP contribution in [0.1, 0.15) is 41.5 Å². The molecule has 3 nitrogen and oxygen atoms in total. The fraction of sp³-hybridized carbons (Fsp3) is 0.250. The van der Waals surface area contributed by atoms with E-state index in [1.807, 2.05) is 0 Å². The molecule has 3 N–H and O–H groups in total. The van der Waals surface area contributed by atoms with Crippen LogP contribution in [-0.2, 0) is 4.12 Å². The number of nitrogens with two attached hydrogens (primary N) is 1. The maximum atomic E-state index is 8.18. The largest absolute Gasteiger partial charge is 0.441 e. The smallest absolute Gasteiger partial charge is 0.251 e. The van der Waals surface area contributed by atoms with Crippen LogP contribution < -0.4 is 26.6 Å². The van der Waals surface area contributed by atoms with E-state index in [-0.39, 0.29) is 10.1 Å². The Labute approximate surface area is 225 Å². The average Bonchev–Trinajstić information content (AvgIpc) is 2.91. The van der Waals surface area contributed by atoms with Gasteiger partial charge < -0.3 is 9.32 Å². The monoisotopic (exact) mass is 527 g/mol. The summed E-state index contributed by atoms with van der Waals surface area (Å²) in [6, 6.07) is 44.1. The zero-order chi connectivity index (χ0) is 27.2. The first kappa shape index (κ1) is 28.8. The molecule has 5 heteroatoms.